The summed E-state index contributed by atoms with van der Waals surface area (Å²) in [6.07, 6.45) is 0.379. The number of ether oxygens (including phenoxy) is 1. The highest BCUT2D eigenvalue weighted by Gasteiger charge is 2.18. The van der Waals surface area contributed by atoms with Crippen molar-refractivity contribution in [2.45, 2.75) is 19.3 Å². The summed E-state index contributed by atoms with van der Waals surface area (Å²) < 4.78 is 5.22. The third kappa shape index (κ3) is 5.37. The molecular weight excluding hydrogens is 300 g/mol. The van der Waals surface area contributed by atoms with Crippen molar-refractivity contribution in [1.82, 2.24) is 4.90 Å². The van der Waals surface area contributed by atoms with Crippen LogP contribution in [0.15, 0.2) is 24.3 Å². The van der Waals surface area contributed by atoms with E-state index < -0.39 is 5.97 Å². The van der Waals surface area contributed by atoms with Gasteiger partial charge in [-0.15, -0.1) is 0 Å². The molecule has 2 rings (SSSR count). The number of nitrogens with zero attached hydrogens (tertiary/aromatic N) is 1. The Balaban J connectivity index is 1.92. The van der Waals surface area contributed by atoms with Gasteiger partial charge in [0.15, 0.2) is 0 Å². The van der Waals surface area contributed by atoms with Crippen molar-refractivity contribution in [2.75, 3.05) is 31.6 Å². The molecule has 1 heterocycles. The molecule has 0 radical (unpaired) electrons. The van der Waals surface area contributed by atoms with Crippen molar-refractivity contribution in [2.24, 2.45) is 0 Å². The Hall–Kier alpha value is -2.41. The molecule has 1 saturated heterocycles. The number of hydrogen-bond acceptors (Lipinski definition) is 4. The van der Waals surface area contributed by atoms with Crippen molar-refractivity contribution >= 4 is 23.5 Å². The molecule has 0 bridgehead atoms. The van der Waals surface area contributed by atoms with Gasteiger partial charge in [-0.2, -0.15) is 0 Å². The third-order valence-electron chi connectivity index (χ3n) is 3.49. The summed E-state index contributed by atoms with van der Waals surface area (Å²) in [4.78, 5) is 36.3. The lowest BCUT2D eigenvalue weighted by Crippen LogP contribution is -2.40. The number of carbonyl (C=O) groups excluding carboxylic acids is 2. The van der Waals surface area contributed by atoms with Gasteiger partial charge in [0.05, 0.1) is 13.2 Å². The zero-order valence-electron chi connectivity index (χ0n) is 12.8. The van der Waals surface area contributed by atoms with E-state index in [4.69, 9.17) is 9.84 Å². The minimum absolute atomic E-state index is 0.0387. The minimum Gasteiger partial charge on any atom is -0.481 e. The summed E-state index contributed by atoms with van der Waals surface area (Å²) >= 11 is 0. The molecule has 0 atom stereocenters. The zero-order chi connectivity index (χ0) is 16.7. The number of carboxylic acid groups (broad SMARTS) is 1. The molecular formula is C16H20N2O5. The summed E-state index contributed by atoms with van der Waals surface area (Å²) in [5.74, 6) is -1.27. The van der Waals surface area contributed by atoms with Crippen molar-refractivity contribution < 1.29 is 24.2 Å². The van der Waals surface area contributed by atoms with Gasteiger partial charge in [0, 0.05) is 37.2 Å². The van der Waals surface area contributed by atoms with Gasteiger partial charge in [-0.25, -0.2) is 0 Å². The second kappa shape index (κ2) is 8.28. The lowest BCUT2D eigenvalue weighted by atomic mass is 10.1. The van der Waals surface area contributed by atoms with E-state index in [2.05, 4.69) is 5.32 Å². The average Bonchev–Trinajstić information content (AvgIpc) is 2.55. The largest absolute Gasteiger partial charge is 0.481 e. The fourth-order valence-electron chi connectivity index (χ4n) is 2.30. The SMILES string of the molecule is O=C(O)CCCC(=O)Nc1cccc(C(=O)N2CCOCC2)c1. The number of amides is 2. The summed E-state index contributed by atoms with van der Waals surface area (Å²) in [6, 6.07) is 6.75. The minimum atomic E-state index is -0.920. The number of morpholine rings is 1. The number of aliphatic carboxylic acids is 1. The smallest absolute Gasteiger partial charge is 0.303 e. The molecule has 124 valence electrons. The van der Waals surface area contributed by atoms with Crippen LogP contribution in [0.2, 0.25) is 0 Å². The first-order valence-corrected chi connectivity index (χ1v) is 7.55. The van der Waals surface area contributed by atoms with E-state index in [-0.39, 0.29) is 31.1 Å². The van der Waals surface area contributed by atoms with Crippen molar-refractivity contribution in [1.29, 1.82) is 0 Å². The van der Waals surface area contributed by atoms with E-state index in [0.717, 1.165) is 0 Å². The molecule has 0 saturated carbocycles. The van der Waals surface area contributed by atoms with Crippen LogP contribution in [-0.2, 0) is 14.3 Å². The quantitative estimate of drug-likeness (QED) is 0.825. The molecule has 7 nitrogen and oxygen atoms in total. The van der Waals surface area contributed by atoms with Crippen molar-refractivity contribution in [3.63, 3.8) is 0 Å². The van der Waals surface area contributed by atoms with E-state index in [9.17, 15) is 14.4 Å². The number of nitrogens with one attached hydrogen (secondary N) is 1. The number of benzene rings is 1. The fourth-order valence-corrected chi connectivity index (χ4v) is 2.30. The van der Waals surface area contributed by atoms with Crippen LogP contribution < -0.4 is 5.32 Å². The Morgan fingerprint density at radius 2 is 1.91 bits per heavy atom. The Morgan fingerprint density at radius 3 is 2.61 bits per heavy atom. The molecule has 1 aromatic carbocycles. The van der Waals surface area contributed by atoms with Gasteiger partial charge in [0.1, 0.15) is 0 Å². The van der Waals surface area contributed by atoms with E-state index in [1.54, 1.807) is 29.2 Å². The van der Waals surface area contributed by atoms with Crippen LogP contribution in [0.5, 0.6) is 0 Å². The third-order valence-corrected chi connectivity index (χ3v) is 3.49. The second-order valence-electron chi connectivity index (χ2n) is 5.28. The van der Waals surface area contributed by atoms with Gasteiger partial charge in [0.25, 0.3) is 5.91 Å². The molecule has 23 heavy (non-hydrogen) atoms. The number of hydrogen-bond donors (Lipinski definition) is 2. The number of anilines is 1. The normalized spacial score (nSPS) is 14.3. The highest BCUT2D eigenvalue weighted by molar-refractivity contribution is 5.97. The molecule has 1 fully saturated rings. The molecule has 2 N–H and O–H groups in total. The van der Waals surface area contributed by atoms with Crippen LogP contribution in [0, 0.1) is 0 Å². The summed E-state index contributed by atoms with van der Waals surface area (Å²) in [5.41, 5.74) is 1.04. The van der Waals surface area contributed by atoms with Crippen molar-refractivity contribution in [3.8, 4) is 0 Å². The van der Waals surface area contributed by atoms with Gasteiger partial charge in [0.2, 0.25) is 5.91 Å². The Labute approximate surface area is 134 Å². The first kappa shape index (κ1) is 17.0. The van der Waals surface area contributed by atoms with Gasteiger partial charge in [-0.05, 0) is 24.6 Å². The van der Waals surface area contributed by atoms with E-state index >= 15 is 0 Å². The summed E-state index contributed by atoms with van der Waals surface area (Å²) in [5, 5.41) is 11.2. The van der Waals surface area contributed by atoms with Crippen LogP contribution >= 0.6 is 0 Å². The molecule has 1 aliphatic heterocycles. The second-order valence-corrected chi connectivity index (χ2v) is 5.28. The monoisotopic (exact) mass is 320 g/mol. The maximum atomic E-state index is 12.4. The topological polar surface area (TPSA) is 95.9 Å². The van der Waals surface area contributed by atoms with Gasteiger partial charge >= 0.3 is 5.97 Å². The van der Waals surface area contributed by atoms with Gasteiger partial charge in [-0.3, -0.25) is 14.4 Å². The summed E-state index contributed by atoms with van der Waals surface area (Å²) in [7, 11) is 0. The van der Waals surface area contributed by atoms with Gasteiger partial charge in [-0.1, -0.05) is 6.07 Å². The van der Waals surface area contributed by atoms with Crippen molar-refractivity contribution in [3.05, 3.63) is 29.8 Å². The van der Waals surface area contributed by atoms with Crippen LogP contribution in [0.1, 0.15) is 29.6 Å². The predicted octanol–water partition coefficient (Wildman–Crippen LogP) is 1.35. The molecule has 2 amide bonds. The van der Waals surface area contributed by atoms with Crippen LogP contribution in [0.25, 0.3) is 0 Å². The van der Waals surface area contributed by atoms with Crippen LogP contribution in [0.3, 0.4) is 0 Å². The van der Waals surface area contributed by atoms with E-state index in [1.807, 2.05) is 0 Å². The molecule has 0 aliphatic carbocycles. The van der Waals surface area contributed by atoms with Crippen LogP contribution in [-0.4, -0.2) is 54.1 Å². The Kier molecular flexibility index (Phi) is 6.10. The first-order chi connectivity index (χ1) is 11.1. The predicted molar refractivity (Wildman–Crippen MR) is 83.3 cm³/mol. The standard InChI is InChI=1S/C16H20N2O5/c19-14(5-2-6-15(20)21)17-13-4-1-3-12(11-13)16(22)18-7-9-23-10-8-18/h1,3-4,11H,2,5-10H2,(H,17,19)(H,20,21). The molecule has 0 spiro atoms. The molecule has 1 aromatic rings. The number of carboxylic acids is 1. The summed E-state index contributed by atoms with van der Waals surface area (Å²) in [6.45, 7) is 2.19. The number of rotatable bonds is 6. The molecule has 1 aliphatic rings. The van der Waals surface area contributed by atoms with E-state index in [0.29, 0.717) is 37.6 Å². The lowest BCUT2D eigenvalue weighted by molar-refractivity contribution is -0.137. The maximum Gasteiger partial charge on any atom is 0.303 e. The Morgan fingerprint density at radius 1 is 1.17 bits per heavy atom. The first-order valence-electron chi connectivity index (χ1n) is 7.55. The molecule has 7 heteroatoms. The lowest BCUT2D eigenvalue weighted by Gasteiger charge is -2.27. The van der Waals surface area contributed by atoms with E-state index in [1.165, 1.54) is 0 Å². The maximum absolute atomic E-state index is 12.4. The Bertz CT molecular complexity index is 582. The molecule has 0 aromatic heterocycles. The van der Waals surface area contributed by atoms with Gasteiger partial charge < -0.3 is 20.1 Å². The van der Waals surface area contributed by atoms with Crippen LogP contribution in [0.4, 0.5) is 5.69 Å². The fraction of sp³-hybridized carbons (Fsp3) is 0.438. The average molecular weight is 320 g/mol. The zero-order valence-corrected chi connectivity index (χ0v) is 12.8. The molecule has 0 unspecified atom stereocenters. The highest BCUT2D eigenvalue weighted by Crippen LogP contribution is 2.14. The highest BCUT2D eigenvalue weighted by atomic mass is 16.5. The number of carbonyl (C=O) groups is 3.